The van der Waals surface area contributed by atoms with Crippen LogP contribution in [-0.2, 0) is 23.8 Å². The molecule has 1 aliphatic heterocycles. The Morgan fingerprint density at radius 3 is 2.29 bits per heavy atom. The normalized spacial score (nSPS) is 16.6. The van der Waals surface area contributed by atoms with Gasteiger partial charge in [-0.1, -0.05) is 0 Å². The number of nitrogens with zero attached hydrogens (tertiary/aromatic N) is 1. The maximum absolute atomic E-state index is 11.9. The molecule has 1 rings (SSSR count). The van der Waals surface area contributed by atoms with E-state index >= 15 is 0 Å². The number of hydrogen-bond donors (Lipinski definition) is 0. The van der Waals surface area contributed by atoms with Crippen LogP contribution in [0.2, 0.25) is 0 Å². The molecule has 0 radical (unpaired) electrons. The molecule has 0 aliphatic carbocycles. The molecule has 0 aromatic heterocycles. The van der Waals surface area contributed by atoms with Crippen molar-refractivity contribution in [3.63, 3.8) is 0 Å². The summed E-state index contributed by atoms with van der Waals surface area (Å²) in [5.41, 5.74) is 1.08. The van der Waals surface area contributed by atoms with E-state index in [4.69, 9.17) is 14.2 Å². The smallest absolute Gasteiger partial charge is 0.338 e. The van der Waals surface area contributed by atoms with Crippen molar-refractivity contribution in [2.45, 2.75) is 20.8 Å². The molecule has 21 heavy (non-hydrogen) atoms. The minimum atomic E-state index is -0.549. The highest BCUT2D eigenvalue weighted by Gasteiger charge is 2.15. The third-order valence-electron chi connectivity index (χ3n) is 2.95. The molecule has 1 fully saturated rings. The van der Waals surface area contributed by atoms with Gasteiger partial charge in [0.15, 0.2) is 0 Å². The standard InChI is InChI=1S/C15H23NO5/c1-4-20-14(17)11-13(15(18)21-5-2)10-12(3)16-6-8-19-9-7-16/h10-11H,4-9H2,1-3H3/b12-10+,13-11-. The molecule has 0 spiro atoms. The number of morpholine rings is 1. The number of allylic oxidation sites excluding steroid dienone is 1. The van der Waals surface area contributed by atoms with Crippen molar-refractivity contribution in [1.82, 2.24) is 4.90 Å². The average Bonchev–Trinajstić information content (AvgIpc) is 2.48. The Labute approximate surface area is 125 Å². The number of carbonyl (C=O) groups excluding carboxylic acids is 2. The van der Waals surface area contributed by atoms with E-state index in [0.717, 1.165) is 18.8 Å². The molecular formula is C15H23NO5. The molecule has 0 aromatic rings. The quantitative estimate of drug-likeness (QED) is 0.418. The number of ether oxygens (including phenoxy) is 3. The molecule has 118 valence electrons. The van der Waals surface area contributed by atoms with Gasteiger partial charge in [0, 0.05) is 24.9 Å². The molecule has 6 heteroatoms. The summed E-state index contributed by atoms with van der Waals surface area (Å²) in [6.07, 6.45) is 2.83. The van der Waals surface area contributed by atoms with Crippen molar-refractivity contribution in [1.29, 1.82) is 0 Å². The van der Waals surface area contributed by atoms with Crippen molar-refractivity contribution in [2.24, 2.45) is 0 Å². The van der Waals surface area contributed by atoms with Gasteiger partial charge >= 0.3 is 11.9 Å². The monoisotopic (exact) mass is 297 g/mol. The summed E-state index contributed by atoms with van der Waals surface area (Å²) in [7, 11) is 0. The van der Waals surface area contributed by atoms with Crippen molar-refractivity contribution in [3.05, 3.63) is 23.4 Å². The van der Waals surface area contributed by atoms with Gasteiger partial charge in [-0.2, -0.15) is 0 Å². The molecule has 1 heterocycles. The van der Waals surface area contributed by atoms with Crippen LogP contribution in [0.15, 0.2) is 23.4 Å². The van der Waals surface area contributed by atoms with Crippen LogP contribution in [0.4, 0.5) is 0 Å². The lowest BCUT2D eigenvalue weighted by atomic mass is 10.2. The predicted molar refractivity (Wildman–Crippen MR) is 77.5 cm³/mol. The maximum atomic E-state index is 11.9. The van der Waals surface area contributed by atoms with Gasteiger partial charge in [-0.25, -0.2) is 9.59 Å². The first-order valence-electron chi connectivity index (χ1n) is 7.15. The van der Waals surface area contributed by atoms with Gasteiger partial charge in [0.1, 0.15) is 0 Å². The van der Waals surface area contributed by atoms with E-state index in [2.05, 4.69) is 4.90 Å². The molecule has 0 bridgehead atoms. The average molecular weight is 297 g/mol. The first-order valence-corrected chi connectivity index (χ1v) is 7.15. The van der Waals surface area contributed by atoms with Crippen molar-refractivity contribution in [2.75, 3.05) is 39.5 Å². The zero-order chi connectivity index (χ0) is 15.7. The minimum absolute atomic E-state index is 0.194. The molecule has 6 nitrogen and oxygen atoms in total. The van der Waals surface area contributed by atoms with Crippen LogP contribution < -0.4 is 0 Å². The Bertz CT molecular complexity index is 422. The highest BCUT2D eigenvalue weighted by atomic mass is 16.5. The Hall–Kier alpha value is -1.82. The van der Waals surface area contributed by atoms with Gasteiger partial charge in [0.25, 0.3) is 0 Å². The van der Waals surface area contributed by atoms with Crippen LogP contribution in [-0.4, -0.2) is 56.4 Å². The fraction of sp³-hybridized carbons (Fsp3) is 0.600. The van der Waals surface area contributed by atoms with Crippen LogP contribution in [0.25, 0.3) is 0 Å². The topological polar surface area (TPSA) is 65.1 Å². The summed E-state index contributed by atoms with van der Waals surface area (Å²) in [6.45, 7) is 8.67. The van der Waals surface area contributed by atoms with Crippen molar-refractivity contribution >= 4 is 11.9 Å². The predicted octanol–water partition coefficient (Wildman–Crippen LogP) is 1.27. The Kier molecular flexibility index (Phi) is 7.53. The van der Waals surface area contributed by atoms with E-state index in [1.807, 2.05) is 6.92 Å². The molecule has 0 aromatic carbocycles. The molecular weight excluding hydrogens is 274 g/mol. The van der Waals surface area contributed by atoms with Gasteiger partial charge in [-0.3, -0.25) is 0 Å². The van der Waals surface area contributed by atoms with E-state index in [1.165, 1.54) is 6.08 Å². The molecule has 0 unspecified atom stereocenters. The minimum Gasteiger partial charge on any atom is -0.463 e. The Balaban J connectivity index is 2.89. The summed E-state index contributed by atoms with van der Waals surface area (Å²) in [5, 5.41) is 0. The third kappa shape index (κ3) is 5.99. The number of esters is 2. The zero-order valence-electron chi connectivity index (χ0n) is 12.9. The van der Waals surface area contributed by atoms with Gasteiger partial charge < -0.3 is 19.1 Å². The van der Waals surface area contributed by atoms with E-state index < -0.39 is 11.9 Å². The summed E-state index contributed by atoms with van der Waals surface area (Å²) in [5.74, 6) is -1.08. The summed E-state index contributed by atoms with van der Waals surface area (Å²) in [4.78, 5) is 25.6. The molecule has 0 amide bonds. The molecule has 0 N–H and O–H groups in total. The fourth-order valence-electron chi connectivity index (χ4n) is 1.92. The number of hydrogen-bond acceptors (Lipinski definition) is 6. The third-order valence-corrected chi connectivity index (χ3v) is 2.95. The van der Waals surface area contributed by atoms with E-state index in [9.17, 15) is 9.59 Å². The molecule has 0 atom stereocenters. The largest absolute Gasteiger partial charge is 0.463 e. The number of rotatable bonds is 6. The van der Waals surface area contributed by atoms with Crippen LogP contribution >= 0.6 is 0 Å². The van der Waals surface area contributed by atoms with Crippen LogP contribution in [0, 0.1) is 0 Å². The van der Waals surface area contributed by atoms with Crippen LogP contribution in [0.5, 0.6) is 0 Å². The summed E-state index contributed by atoms with van der Waals surface area (Å²) < 4.78 is 15.1. The first kappa shape index (κ1) is 17.2. The lowest BCUT2D eigenvalue weighted by Gasteiger charge is -2.29. The second-order valence-corrected chi connectivity index (χ2v) is 4.46. The SMILES string of the molecule is CCOC(=O)/C=C(/C=C(\C)N1CCOCC1)C(=O)OCC. The molecule has 1 aliphatic rings. The Morgan fingerprint density at radius 2 is 1.71 bits per heavy atom. The lowest BCUT2D eigenvalue weighted by Crippen LogP contribution is -2.35. The second kappa shape index (κ2) is 9.18. The first-order chi connectivity index (χ1) is 10.1. The highest BCUT2D eigenvalue weighted by molar-refractivity contribution is 5.98. The summed E-state index contributed by atoms with van der Waals surface area (Å²) >= 11 is 0. The van der Waals surface area contributed by atoms with Gasteiger partial charge in [0.05, 0.1) is 32.0 Å². The Morgan fingerprint density at radius 1 is 1.10 bits per heavy atom. The second-order valence-electron chi connectivity index (χ2n) is 4.46. The number of carbonyl (C=O) groups is 2. The molecule has 0 saturated carbocycles. The highest BCUT2D eigenvalue weighted by Crippen LogP contribution is 2.12. The van der Waals surface area contributed by atoms with E-state index in [-0.39, 0.29) is 18.8 Å². The van der Waals surface area contributed by atoms with Crippen LogP contribution in [0.1, 0.15) is 20.8 Å². The van der Waals surface area contributed by atoms with Crippen molar-refractivity contribution < 1.29 is 23.8 Å². The summed E-state index contributed by atoms with van der Waals surface area (Å²) in [6, 6.07) is 0. The lowest BCUT2D eigenvalue weighted by molar-refractivity contribution is -0.140. The maximum Gasteiger partial charge on any atom is 0.338 e. The van der Waals surface area contributed by atoms with Gasteiger partial charge in [0.2, 0.25) is 0 Å². The van der Waals surface area contributed by atoms with Crippen molar-refractivity contribution in [3.8, 4) is 0 Å². The van der Waals surface area contributed by atoms with Gasteiger partial charge in [-0.15, -0.1) is 0 Å². The van der Waals surface area contributed by atoms with E-state index in [1.54, 1.807) is 19.9 Å². The zero-order valence-corrected chi connectivity index (χ0v) is 12.9. The van der Waals surface area contributed by atoms with Gasteiger partial charge in [-0.05, 0) is 26.8 Å². The molecule has 1 saturated heterocycles. The fourth-order valence-corrected chi connectivity index (χ4v) is 1.92. The van der Waals surface area contributed by atoms with Crippen LogP contribution in [0.3, 0.4) is 0 Å². The van der Waals surface area contributed by atoms with E-state index in [0.29, 0.717) is 13.2 Å².